The first-order chi connectivity index (χ1) is 15.0. The van der Waals surface area contributed by atoms with E-state index in [0.29, 0.717) is 11.8 Å². The molecular weight excluding hydrogens is 401 g/mol. The number of aromatic nitrogens is 2. The Labute approximate surface area is 180 Å². The Kier molecular flexibility index (Phi) is 4.49. The summed E-state index contributed by atoms with van der Waals surface area (Å²) in [6, 6.07) is -0.842. The van der Waals surface area contributed by atoms with Gasteiger partial charge in [-0.2, -0.15) is 0 Å². The summed E-state index contributed by atoms with van der Waals surface area (Å²) in [5, 5.41) is 9.74. The number of carboxylic acids is 1. The number of imidazole rings is 1. The minimum atomic E-state index is -1.30. The number of halogens is 1. The van der Waals surface area contributed by atoms with Crippen molar-refractivity contribution in [2.24, 2.45) is 17.8 Å². The zero-order valence-corrected chi connectivity index (χ0v) is 17.3. The number of fused-ring (bicyclic) bond motifs is 4. The second-order valence-electron chi connectivity index (χ2n) is 9.92. The average Bonchev–Trinajstić information content (AvgIpc) is 3.29. The number of carbonyl (C=O) groups excluding carboxylic acids is 1. The molecule has 9 unspecified atom stereocenters. The van der Waals surface area contributed by atoms with Crippen LogP contribution < -0.4 is 0 Å². The van der Waals surface area contributed by atoms with Crippen LogP contribution in [0.15, 0.2) is 30.5 Å². The molecule has 9 atom stereocenters. The van der Waals surface area contributed by atoms with Crippen molar-refractivity contribution in [2.45, 2.75) is 81.5 Å². The molecule has 2 aliphatic heterocycles. The Morgan fingerprint density at radius 2 is 2.00 bits per heavy atom. The van der Waals surface area contributed by atoms with Crippen molar-refractivity contribution in [1.82, 2.24) is 14.5 Å². The predicted molar refractivity (Wildman–Crippen MR) is 108 cm³/mol. The minimum absolute atomic E-state index is 0.0127. The summed E-state index contributed by atoms with van der Waals surface area (Å²) < 4.78 is 23.9. The number of aliphatic carboxylic acids is 1. The quantitative estimate of drug-likeness (QED) is 0.728. The molecule has 7 nitrogen and oxygen atoms in total. The van der Waals surface area contributed by atoms with E-state index in [0.717, 1.165) is 19.3 Å². The molecule has 8 heteroatoms. The van der Waals surface area contributed by atoms with Crippen molar-refractivity contribution >= 4 is 11.8 Å². The van der Waals surface area contributed by atoms with Crippen LogP contribution in [0, 0.1) is 17.8 Å². The van der Waals surface area contributed by atoms with Gasteiger partial charge in [-0.25, -0.2) is 14.2 Å². The van der Waals surface area contributed by atoms with Gasteiger partial charge in [0.15, 0.2) is 5.78 Å². The van der Waals surface area contributed by atoms with E-state index in [4.69, 9.17) is 4.74 Å². The maximum Gasteiger partial charge on any atom is 0.340 e. The fourth-order valence-electron chi connectivity index (χ4n) is 7.34. The number of rotatable bonds is 2. The Morgan fingerprint density at radius 1 is 1.16 bits per heavy atom. The molecule has 4 fully saturated rings. The molecule has 0 spiro atoms. The van der Waals surface area contributed by atoms with Gasteiger partial charge in [-0.1, -0.05) is 19.3 Å². The first-order valence-corrected chi connectivity index (χ1v) is 11.6. The SMILES string of the molecule is O=C(O)C1=CN2C3C(CCC4CCCCC43)OC3C2C(CC(F)C3n2ccnc2)C1=O. The molecule has 0 aromatic carbocycles. The minimum Gasteiger partial charge on any atom is -0.478 e. The lowest BCUT2D eigenvalue weighted by molar-refractivity contribution is -0.220. The number of morpholine rings is 1. The zero-order valence-electron chi connectivity index (χ0n) is 17.3. The van der Waals surface area contributed by atoms with Gasteiger partial charge >= 0.3 is 5.97 Å². The van der Waals surface area contributed by atoms with E-state index in [1.54, 1.807) is 29.5 Å². The van der Waals surface area contributed by atoms with Crippen molar-refractivity contribution in [3.8, 4) is 0 Å². The Balaban J connectivity index is 1.46. The summed E-state index contributed by atoms with van der Waals surface area (Å²) in [4.78, 5) is 31.3. The number of Topliss-reactive ketones (excluding diaryl/α,β-unsaturated/α-hetero) is 1. The number of hydrogen-bond acceptors (Lipinski definition) is 5. The Bertz CT molecular complexity index is 918. The highest BCUT2D eigenvalue weighted by Gasteiger charge is 2.61. The van der Waals surface area contributed by atoms with E-state index < -0.39 is 36.0 Å². The van der Waals surface area contributed by atoms with Crippen LogP contribution in [0.1, 0.15) is 51.0 Å². The normalized spacial score (nSPS) is 44.0. The molecule has 3 aliphatic carbocycles. The average molecular weight is 429 g/mol. The number of alkyl halides is 1. The molecule has 1 aromatic heterocycles. The molecule has 0 amide bonds. The summed E-state index contributed by atoms with van der Waals surface area (Å²) in [6.07, 6.45) is 11.4. The topological polar surface area (TPSA) is 84.7 Å². The highest BCUT2D eigenvalue weighted by atomic mass is 19.1. The summed E-state index contributed by atoms with van der Waals surface area (Å²) in [7, 11) is 0. The van der Waals surface area contributed by atoms with Crippen LogP contribution in [0.4, 0.5) is 4.39 Å². The van der Waals surface area contributed by atoms with Gasteiger partial charge in [0.1, 0.15) is 17.8 Å². The number of carboxylic acid groups (broad SMARTS) is 1. The lowest BCUT2D eigenvalue weighted by Crippen LogP contribution is -2.71. The molecule has 6 rings (SSSR count). The van der Waals surface area contributed by atoms with E-state index in [9.17, 15) is 14.7 Å². The summed E-state index contributed by atoms with van der Waals surface area (Å²) in [6.45, 7) is 0. The van der Waals surface area contributed by atoms with E-state index in [2.05, 4.69) is 9.88 Å². The first kappa shape index (κ1) is 19.5. The predicted octanol–water partition coefficient (Wildman–Crippen LogP) is 2.74. The largest absolute Gasteiger partial charge is 0.478 e. The highest BCUT2D eigenvalue weighted by Crippen LogP contribution is 2.52. The molecule has 5 aliphatic rings. The van der Waals surface area contributed by atoms with Crippen LogP contribution >= 0.6 is 0 Å². The molecule has 0 bridgehead atoms. The zero-order chi connectivity index (χ0) is 21.3. The number of carbonyl (C=O) groups is 2. The van der Waals surface area contributed by atoms with Crippen LogP contribution in [0.5, 0.6) is 0 Å². The van der Waals surface area contributed by atoms with Gasteiger partial charge in [0, 0.05) is 24.5 Å². The van der Waals surface area contributed by atoms with Crippen LogP contribution in [0.3, 0.4) is 0 Å². The number of ether oxygens (including phenoxy) is 1. The third kappa shape index (κ3) is 2.83. The fraction of sp³-hybridized carbons (Fsp3) is 0.696. The van der Waals surface area contributed by atoms with E-state index >= 15 is 4.39 Å². The van der Waals surface area contributed by atoms with Crippen LogP contribution in [0.25, 0.3) is 0 Å². The van der Waals surface area contributed by atoms with E-state index in [1.165, 1.54) is 19.3 Å². The summed E-state index contributed by atoms with van der Waals surface area (Å²) in [5.74, 6) is -1.31. The van der Waals surface area contributed by atoms with E-state index in [1.807, 2.05) is 0 Å². The molecule has 3 saturated carbocycles. The molecule has 1 saturated heterocycles. The number of hydrogen-bond donors (Lipinski definition) is 1. The number of ketones is 1. The van der Waals surface area contributed by atoms with Gasteiger partial charge in [0.25, 0.3) is 0 Å². The lowest BCUT2D eigenvalue weighted by Gasteiger charge is -2.62. The third-order valence-electron chi connectivity index (χ3n) is 8.54. The van der Waals surface area contributed by atoms with Gasteiger partial charge in [0.2, 0.25) is 0 Å². The monoisotopic (exact) mass is 429 g/mol. The smallest absolute Gasteiger partial charge is 0.340 e. The number of nitrogens with zero attached hydrogens (tertiary/aromatic N) is 3. The van der Waals surface area contributed by atoms with Crippen LogP contribution in [-0.2, 0) is 14.3 Å². The first-order valence-electron chi connectivity index (χ1n) is 11.6. The second-order valence-corrected chi connectivity index (χ2v) is 9.92. The maximum absolute atomic E-state index is 15.5. The van der Waals surface area contributed by atoms with Crippen molar-refractivity contribution < 1.29 is 23.8 Å². The van der Waals surface area contributed by atoms with Gasteiger partial charge in [-0.15, -0.1) is 0 Å². The molecule has 1 aromatic rings. The molecule has 0 radical (unpaired) electrons. The van der Waals surface area contributed by atoms with Crippen molar-refractivity contribution in [1.29, 1.82) is 0 Å². The van der Waals surface area contributed by atoms with Crippen molar-refractivity contribution in [3.05, 3.63) is 30.5 Å². The van der Waals surface area contributed by atoms with Gasteiger partial charge in [-0.3, -0.25) is 4.79 Å². The maximum atomic E-state index is 15.5. The van der Waals surface area contributed by atoms with Gasteiger partial charge in [-0.05, 0) is 37.5 Å². The third-order valence-corrected chi connectivity index (χ3v) is 8.54. The van der Waals surface area contributed by atoms with Gasteiger partial charge < -0.3 is 19.3 Å². The van der Waals surface area contributed by atoms with Crippen LogP contribution in [0.2, 0.25) is 0 Å². The molecule has 1 N–H and O–H groups in total. The lowest BCUT2D eigenvalue weighted by atomic mass is 9.63. The standard InChI is InChI=1S/C23H28FN3O4/c24-16-9-14-19-22(20(16)26-8-7-25-11-26)31-17-6-5-12-3-1-2-4-13(12)18(17)27(19)10-15(21(14)28)23(29)30/h7-8,10-14,16-20,22H,1-6,9H2,(H,29,30). The van der Waals surface area contributed by atoms with Crippen molar-refractivity contribution in [3.63, 3.8) is 0 Å². The van der Waals surface area contributed by atoms with Crippen LogP contribution in [-0.4, -0.2) is 61.8 Å². The van der Waals surface area contributed by atoms with Gasteiger partial charge in [0.05, 0.1) is 30.6 Å². The molecular formula is C23H28FN3O4. The summed E-state index contributed by atoms with van der Waals surface area (Å²) >= 11 is 0. The van der Waals surface area contributed by atoms with Crippen molar-refractivity contribution in [2.75, 3.05) is 0 Å². The highest BCUT2D eigenvalue weighted by molar-refractivity contribution is 6.18. The molecule has 166 valence electrons. The second kappa shape index (κ2) is 7.15. The fourth-order valence-corrected chi connectivity index (χ4v) is 7.34. The summed E-state index contributed by atoms with van der Waals surface area (Å²) in [5.41, 5.74) is -0.202. The molecule has 31 heavy (non-hydrogen) atoms. The molecule has 3 heterocycles. The Hall–Kier alpha value is -2.22. The Morgan fingerprint density at radius 3 is 2.77 bits per heavy atom. The van der Waals surface area contributed by atoms with E-state index in [-0.39, 0.29) is 30.2 Å².